The fraction of sp³-hybridized carbons (Fsp3) is 0. The van der Waals surface area contributed by atoms with E-state index in [-0.39, 0.29) is 5.78 Å². The molecule has 12 heavy (non-hydrogen) atoms. The first-order valence-electron chi connectivity index (χ1n) is 3.30. The van der Waals surface area contributed by atoms with E-state index in [1.165, 1.54) is 12.2 Å². The maximum atomic E-state index is 10.9. The van der Waals surface area contributed by atoms with Gasteiger partial charge in [0.05, 0.1) is 0 Å². The summed E-state index contributed by atoms with van der Waals surface area (Å²) in [4.78, 5) is 10.9. The normalized spacial score (nSPS) is 12.8. The summed E-state index contributed by atoms with van der Waals surface area (Å²) in [6.07, 6.45) is 9.51. The lowest BCUT2D eigenvalue weighted by Gasteiger charge is -1.78. The second kappa shape index (κ2) is 8.43. The third-order valence-corrected chi connectivity index (χ3v) is 1.26. The van der Waals surface area contributed by atoms with E-state index in [0.29, 0.717) is 0 Å². The van der Waals surface area contributed by atoms with Crippen LogP contribution >= 0.6 is 25.3 Å². The maximum Gasteiger partial charge on any atom is 0.178 e. The molecule has 64 valence electrons. The van der Waals surface area contributed by atoms with Gasteiger partial charge in [0.15, 0.2) is 5.78 Å². The number of rotatable bonds is 4. The lowest BCUT2D eigenvalue weighted by atomic mass is 10.3. The van der Waals surface area contributed by atoms with Gasteiger partial charge in [0.25, 0.3) is 0 Å². The van der Waals surface area contributed by atoms with E-state index in [9.17, 15) is 4.79 Å². The second-order valence-electron chi connectivity index (χ2n) is 1.80. The summed E-state index contributed by atoms with van der Waals surface area (Å²) in [5.41, 5.74) is 0. The zero-order valence-electron chi connectivity index (χ0n) is 6.42. The lowest BCUT2D eigenvalue weighted by molar-refractivity contribution is -0.110. The maximum absolute atomic E-state index is 10.9. The standard InChI is InChI=1S/C9H10OS2/c10-9(5-1-3-7-11)6-2-4-8-12/h1-8,11-12H/b5-1+,6-2+,7-3+,8-4+. The van der Waals surface area contributed by atoms with Gasteiger partial charge in [0.1, 0.15) is 0 Å². The smallest absolute Gasteiger partial charge is 0.178 e. The molecule has 0 aliphatic carbocycles. The molecule has 0 aliphatic rings. The van der Waals surface area contributed by atoms with E-state index in [0.717, 1.165) is 0 Å². The highest BCUT2D eigenvalue weighted by Gasteiger charge is 1.83. The van der Waals surface area contributed by atoms with Crippen LogP contribution in [-0.4, -0.2) is 5.78 Å². The summed E-state index contributed by atoms with van der Waals surface area (Å²) < 4.78 is 0. The summed E-state index contributed by atoms with van der Waals surface area (Å²) in [6.45, 7) is 0. The number of carbonyl (C=O) groups is 1. The van der Waals surface area contributed by atoms with Crippen LogP contribution in [0.1, 0.15) is 0 Å². The van der Waals surface area contributed by atoms with E-state index in [1.54, 1.807) is 35.1 Å². The van der Waals surface area contributed by atoms with Crippen molar-refractivity contribution in [3.05, 3.63) is 47.3 Å². The molecule has 0 aromatic heterocycles. The fourth-order valence-corrected chi connectivity index (χ4v) is 0.654. The minimum atomic E-state index is -0.0622. The number of hydrogen-bond acceptors (Lipinski definition) is 3. The minimum Gasteiger partial charge on any atom is -0.290 e. The average Bonchev–Trinajstić information content (AvgIpc) is 2.06. The fourth-order valence-electron chi connectivity index (χ4n) is 0.456. The second-order valence-corrected chi connectivity index (χ2v) is 2.40. The molecule has 0 amide bonds. The predicted octanol–water partition coefficient (Wildman–Crippen LogP) is 2.55. The molecule has 0 rings (SSSR count). The third-order valence-electron chi connectivity index (χ3n) is 0.915. The Balaban J connectivity index is 3.89. The Labute approximate surface area is 83.4 Å². The summed E-state index contributed by atoms with van der Waals surface area (Å²) in [5, 5.41) is 3.11. The van der Waals surface area contributed by atoms with Crippen molar-refractivity contribution in [2.24, 2.45) is 0 Å². The Morgan fingerprint density at radius 3 is 1.58 bits per heavy atom. The molecule has 0 unspecified atom stereocenters. The van der Waals surface area contributed by atoms with Crippen LogP contribution in [0.2, 0.25) is 0 Å². The summed E-state index contributed by atoms with van der Waals surface area (Å²) in [6, 6.07) is 0. The molecule has 0 saturated carbocycles. The molecule has 0 aromatic rings. The molecule has 0 bridgehead atoms. The van der Waals surface area contributed by atoms with Crippen molar-refractivity contribution in [2.75, 3.05) is 0 Å². The van der Waals surface area contributed by atoms with Gasteiger partial charge in [0, 0.05) is 0 Å². The summed E-state index contributed by atoms with van der Waals surface area (Å²) >= 11 is 7.65. The van der Waals surface area contributed by atoms with Gasteiger partial charge in [-0.25, -0.2) is 0 Å². The monoisotopic (exact) mass is 198 g/mol. The Hall–Kier alpha value is -0.670. The molecule has 0 saturated heterocycles. The van der Waals surface area contributed by atoms with Gasteiger partial charge in [-0.15, -0.1) is 0 Å². The number of ketones is 1. The molecule has 0 aromatic carbocycles. The van der Waals surface area contributed by atoms with Gasteiger partial charge >= 0.3 is 0 Å². The molecule has 0 radical (unpaired) electrons. The largest absolute Gasteiger partial charge is 0.290 e. The van der Waals surface area contributed by atoms with Gasteiger partial charge in [-0.2, -0.15) is 25.3 Å². The highest BCUT2D eigenvalue weighted by molar-refractivity contribution is 7.83. The Morgan fingerprint density at radius 1 is 0.833 bits per heavy atom. The molecule has 3 heteroatoms. The number of carbonyl (C=O) groups excluding carboxylic acids is 1. The minimum absolute atomic E-state index is 0.0622. The number of thiol groups is 2. The third kappa shape index (κ3) is 7.44. The van der Waals surface area contributed by atoms with E-state index in [1.807, 2.05) is 0 Å². The highest BCUT2D eigenvalue weighted by Crippen LogP contribution is 1.86. The zero-order chi connectivity index (χ0) is 9.23. The van der Waals surface area contributed by atoms with E-state index in [2.05, 4.69) is 25.3 Å². The van der Waals surface area contributed by atoms with Crippen molar-refractivity contribution in [3.63, 3.8) is 0 Å². The Kier molecular flexibility index (Phi) is 7.96. The molecule has 0 fully saturated rings. The van der Waals surface area contributed by atoms with Crippen LogP contribution in [0.25, 0.3) is 0 Å². The molecular weight excluding hydrogens is 188 g/mol. The molecule has 0 aliphatic heterocycles. The van der Waals surface area contributed by atoms with Gasteiger partial charge < -0.3 is 0 Å². The predicted molar refractivity (Wildman–Crippen MR) is 59.5 cm³/mol. The molecule has 1 nitrogen and oxygen atoms in total. The highest BCUT2D eigenvalue weighted by atomic mass is 32.1. The van der Waals surface area contributed by atoms with Gasteiger partial charge in [-0.3, -0.25) is 4.79 Å². The van der Waals surface area contributed by atoms with Crippen molar-refractivity contribution in [1.82, 2.24) is 0 Å². The van der Waals surface area contributed by atoms with Crippen molar-refractivity contribution < 1.29 is 4.79 Å². The topological polar surface area (TPSA) is 17.1 Å². The van der Waals surface area contributed by atoms with Crippen molar-refractivity contribution in [1.29, 1.82) is 0 Å². The van der Waals surface area contributed by atoms with E-state index >= 15 is 0 Å². The zero-order valence-corrected chi connectivity index (χ0v) is 8.21. The summed E-state index contributed by atoms with van der Waals surface area (Å²) in [5.74, 6) is -0.0622. The SMILES string of the molecule is O=C(/C=C/C=C/S)/C=C/C=C/S. The van der Waals surface area contributed by atoms with E-state index < -0.39 is 0 Å². The Bertz CT molecular complexity index is 213. The van der Waals surface area contributed by atoms with Gasteiger partial charge in [-0.05, 0) is 23.0 Å². The quantitative estimate of drug-likeness (QED) is 0.403. The molecular formula is C9H10OS2. The van der Waals surface area contributed by atoms with Crippen LogP contribution in [0.3, 0.4) is 0 Å². The first-order valence-corrected chi connectivity index (χ1v) is 4.33. The lowest BCUT2D eigenvalue weighted by Crippen LogP contribution is -1.82. The first kappa shape index (κ1) is 11.3. The van der Waals surface area contributed by atoms with Crippen LogP contribution in [0.4, 0.5) is 0 Å². The van der Waals surface area contributed by atoms with E-state index in [4.69, 9.17) is 0 Å². The van der Waals surface area contributed by atoms with Crippen LogP contribution in [0.5, 0.6) is 0 Å². The number of hydrogen-bond donors (Lipinski definition) is 2. The van der Waals surface area contributed by atoms with Crippen molar-refractivity contribution >= 4 is 31.0 Å². The molecule has 0 spiro atoms. The van der Waals surface area contributed by atoms with Crippen LogP contribution < -0.4 is 0 Å². The first-order chi connectivity index (χ1) is 5.81. The number of allylic oxidation sites excluding steroid dienone is 6. The Morgan fingerprint density at radius 2 is 1.25 bits per heavy atom. The summed E-state index contributed by atoms with van der Waals surface area (Å²) in [7, 11) is 0. The average molecular weight is 198 g/mol. The molecule has 0 N–H and O–H groups in total. The van der Waals surface area contributed by atoms with Crippen LogP contribution in [-0.2, 0) is 4.79 Å². The van der Waals surface area contributed by atoms with Gasteiger partial charge in [0.2, 0.25) is 0 Å². The van der Waals surface area contributed by atoms with Crippen LogP contribution in [0, 0.1) is 0 Å². The van der Waals surface area contributed by atoms with Crippen LogP contribution in [0.15, 0.2) is 47.3 Å². The van der Waals surface area contributed by atoms with Crippen molar-refractivity contribution in [3.8, 4) is 0 Å². The van der Waals surface area contributed by atoms with Crippen molar-refractivity contribution in [2.45, 2.75) is 0 Å². The van der Waals surface area contributed by atoms with Gasteiger partial charge in [-0.1, -0.05) is 24.3 Å². The molecule has 0 heterocycles. The molecule has 0 atom stereocenters.